The molecule has 1 amide bonds. The number of hydrogen-bond acceptors (Lipinski definition) is 5. The minimum absolute atomic E-state index is 0.182. The molecule has 1 aliphatic rings. The van der Waals surface area contributed by atoms with E-state index in [9.17, 15) is 9.90 Å². The van der Waals surface area contributed by atoms with E-state index in [4.69, 9.17) is 4.52 Å². The normalized spacial score (nSPS) is 19.6. The average molecular weight is 374 g/mol. The molecule has 1 fully saturated rings. The van der Waals surface area contributed by atoms with E-state index < -0.39 is 5.60 Å². The second kappa shape index (κ2) is 6.03. The van der Waals surface area contributed by atoms with Crippen molar-refractivity contribution in [2.24, 2.45) is 0 Å². The van der Waals surface area contributed by atoms with Crippen LogP contribution >= 0.6 is 0 Å². The molecular formula is C21H18N4O3. The van der Waals surface area contributed by atoms with E-state index in [0.717, 1.165) is 22.2 Å². The molecule has 5 rings (SSSR count). The highest BCUT2D eigenvalue weighted by molar-refractivity contribution is 5.87. The molecule has 7 heteroatoms. The summed E-state index contributed by atoms with van der Waals surface area (Å²) in [6, 6.07) is 13.6. The van der Waals surface area contributed by atoms with E-state index in [2.05, 4.69) is 10.1 Å². The van der Waals surface area contributed by atoms with Gasteiger partial charge in [0.05, 0.1) is 18.0 Å². The van der Waals surface area contributed by atoms with E-state index in [1.54, 1.807) is 19.4 Å². The fourth-order valence-corrected chi connectivity index (χ4v) is 3.64. The first-order chi connectivity index (χ1) is 13.5. The third-order valence-corrected chi connectivity index (χ3v) is 5.33. The number of aromatic nitrogens is 3. The maximum absolute atomic E-state index is 12.3. The minimum atomic E-state index is -1.63. The van der Waals surface area contributed by atoms with Crippen LogP contribution in [0.5, 0.6) is 0 Å². The van der Waals surface area contributed by atoms with Crippen LogP contribution in [0, 0.1) is 0 Å². The lowest BCUT2D eigenvalue weighted by Crippen LogP contribution is -2.35. The molecule has 28 heavy (non-hydrogen) atoms. The molecule has 4 heterocycles. The van der Waals surface area contributed by atoms with Gasteiger partial charge in [-0.2, -0.15) is 0 Å². The van der Waals surface area contributed by atoms with E-state index >= 15 is 0 Å². The van der Waals surface area contributed by atoms with Crippen LogP contribution in [-0.4, -0.2) is 44.0 Å². The van der Waals surface area contributed by atoms with Crippen LogP contribution in [0.25, 0.3) is 27.9 Å². The Morgan fingerprint density at radius 1 is 1.14 bits per heavy atom. The smallest absolute Gasteiger partial charge is 0.262 e. The molecule has 0 radical (unpaired) electrons. The Hall–Kier alpha value is -3.45. The van der Waals surface area contributed by atoms with Crippen LogP contribution in [-0.2, 0) is 10.4 Å². The SMILES string of the molecule is CN1CC[C@@](O)(c2cc(-c3cccc(-c4ccc5cncn5c4)c3)no2)C1=O. The van der Waals surface area contributed by atoms with Crippen molar-refractivity contribution in [2.45, 2.75) is 12.0 Å². The standard InChI is InChI=1S/C21H18N4O3/c1-24-8-7-21(27,20(24)26)19-10-18(23-28-19)15-4-2-3-14(9-15)16-5-6-17-11-22-13-25(17)12-16/h2-6,9-13,27H,7-8H2,1H3/t21-/m1/s1. The first-order valence-corrected chi connectivity index (χ1v) is 9.02. The van der Waals surface area contributed by atoms with E-state index in [1.165, 1.54) is 4.90 Å². The number of amides is 1. The summed E-state index contributed by atoms with van der Waals surface area (Å²) in [6.07, 6.45) is 5.89. The van der Waals surface area contributed by atoms with Gasteiger partial charge in [0.25, 0.3) is 5.91 Å². The molecule has 3 aromatic heterocycles. The largest absolute Gasteiger partial charge is 0.373 e. The van der Waals surface area contributed by atoms with Crippen LogP contribution in [0.4, 0.5) is 0 Å². The molecule has 0 unspecified atom stereocenters. The molecule has 0 aliphatic carbocycles. The summed E-state index contributed by atoms with van der Waals surface area (Å²) in [6.45, 7) is 0.484. The van der Waals surface area contributed by atoms with E-state index in [0.29, 0.717) is 18.7 Å². The van der Waals surface area contributed by atoms with Crippen molar-refractivity contribution >= 4 is 11.4 Å². The molecule has 0 spiro atoms. The summed E-state index contributed by atoms with van der Waals surface area (Å²) in [5.41, 5.74) is 2.89. The number of benzene rings is 1. The summed E-state index contributed by atoms with van der Waals surface area (Å²) < 4.78 is 7.32. The Morgan fingerprint density at radius 2 is 2.00 bits per heavy atom. The fourth-order valence-electron chi connectivity index (χ4n) is 3.64. The van der Waals surface area contributed by atoms with Gasteiger partial charge < -0.3 is 18.9 Å². The van der Waals surface area contributed by atoms with Gasteiger partial charge in [-0.05, 0) is 23.3 Å². The fraction of sp³-hybridized carbons (Fsp3) is 0.190. The number of carbonyl (C=O) groups is 1. The number of carbonyl (C=O) groups excluding carboxylic acids is 1. The molecule has 1 aliphatic heterocycles. The monoisotopic (exact) mass is 374 g/mol. The van der Waals surface area contributed by atoms with E-state index in [1.807, 2.05) is 53.2 Å². The van der Waals surface area contributed by atoms with Crippen molar-refractivity contribution in [1.82, 2.24) is 19.4 Å². The zero-order chi connectivity index (χ0) is 19.3. The Balaban J connectivity index is 1.50. The molecular weight excluding hydrogens is 356 g/mol. The zero-order valence-corrected chi connectivity index (χ0v) is 15.2. The lowest BCUT2D eigenvalue weighted by atomic mass is 9.97. The highest BCUT2D eigenvalue weighted by atomic mass is 16.5. The van der Waals surface area contributed by atoms with Crippen molar-refractivity contribution in [1.29, 1.82) is 0 Å². The molecule has 1 N–H and O–H groups in total. The van der Waals surface area contributed by atoms with Gasteiger partial charge in [-0.3, -0.25) is 4.79 Å². The van der Waals surface area contributed by atoms with Gasteiger partial charge >= 0.3 is 0 Å². The molecule has 4 aromatic rings. The summed E-state index contributed by atoms with van der Waals surface area (Å²) in [4.78, 5) is 17.9. The van der Waals surface area contributed by atoms with Gasteiger partial charge in [0, 0.05) is 37.8 Å². The minimum Gasteiger partial charge on any atom is -0.373 e. The number of aliphatic hydroxyl groups is 1. The molecule has 7 nitrogen and oxygen atoms in total. The van der Waals surface area contributed by atoms with Crippen molar-refractivity contribution in [3.8, 4) is 22.4 Å². The average Bonchev–Trinajstić information content (AvgIpc) is 3.45. The van der Waals surface area contributed by atoms with Crippen molar-refractivity contribution < 1.29 is 14.4 Å². The zero-order valence-electron chi connectivity index (χ0n) is 15.2. The number of likely N-dealkylation sites (tertiary alicyclic amines) is 1. The Kier molecular flexibility index (Phi) is 3.60. The van der Waals surface area contributed by atoms with Gasteiger partial charge in [0.1, 0.15) is 5.69 Å². The highest BCUT2D eigenvalue weighted by Gasteiger charge is 2.48. The topological polar surface area (TPSA) is 83.9 Å². The van der Waals surface area contributed by atoms with Crippen molar-refractivity contribution in [3.63, 3.8) is 0 Å². The lowest BCUT2D eigenvalue weighted by molar-refractivity contribution is -0.144. The molecule has 0 bridgehead atoms. The van der Waals surface area contributed by atoms with E-state index in [-0.39, 0.29) is 11.7 Å². The Bertz CT molecular complexity index is 1200. The second-order valence-electron chi connectivity index (χ2n) is 7.14. The predicted molar refractivity (Wildman–Crippen MR) is 102 cm³/mol. The van der Waals surface area contributed by atoms with Crippen LogP contribution in [0.3, 0.4) is 0 Å². The number of likely N-dealkylation sites (N-methyl/N-ethyl adjacent to an activating group) is 1. The molecule has 1 saturated heterocycles. The molecule has 140 valence electrons. The van der Waals surface area contributed by atoms with Gasteiger partial charge in [-0.1, -0.05) is 29.4 Å². The highest BCUT2D eigenvalue weighted by Crippen LogP contribution is 2.35. The number of nitrogens with zero attached hydrogens (tertiary/aromatic N) is 4. The summed E-state index contributed by atoms with van der Waals surface area (Å²) in [7, 11) is 1.66. The number of pyridine rings is 1. The molecule has 0 saturated carbocycles. The lowest BCUT2D eigenvalue weighted by Gasteiger charge is -2.16. The van der Waals surface area contributed by atoms with Crippen LogP contribution in [0.1, 0.15) is 12.2 Å². The Morgan fingerprint density at radius 3 is 2.82 bits per heavy atom. The maximum Gasteiger partial charge on any atom is 0.262 e. The third-order valence-electron chi connectivity index (χ3n) is 5.33. The summed E-state index contributed by atoms with van der Waals surface area (Å²) in [5, 5.41) is 14.8. The number of rotatable bonds is 3. The van der Waals surface area contributed by atoms with Gasteiger partial charge in [-0.25, -0.2) is 4.98 Å². The number of imidazole rings is 1. The maximum atomic E-state index is 12.3. The van der Waals surface area contributed by atoms with Gasteiger partial charge in [0.15, 0.2) is 5.76 Å². The molecule has 1 aromatic carbocycles. The number of fused-ring (bicyclic) bond motifs is 1. The first kappa shape index (κ1) is 16.7. The second-order valence-corrected chi connectivity index (χ2v) is 7.14. The van der Waals surface area contributed by atoms with Crippen LogP contribution < -0.4 is 0 Å². The van der Waals surface area contributed by atoms with Gasteiger partial charge in [0.2, 0.25) is 5.60 Å². The quantitative estimate of drug-likeness (QED) is 0.596. The molecule has 1 atom stereocenters. The summed E-state index contributed by atoms with van der Waals surface area (Å²) >= 11 is 0. The summed E-state index contributed by atoms with van der Waals surface area (Å²) in [5.74, 6) is -0.181. The van der Waals surface area contributed by atoms with Crippen molar-refractivity contribution in [2.75, 3.05) is 13.6 Å². The third kappa shape index (κ3) is 2.51. The first-order valence-electron chi connectivity index (χ1n) is 9.02. The predicted octanol–water partition coefficient (Wildman–Crippen LogP) is 2.71. The Labute approximate surface area is 160 Å². The van der Waals surface area contributed by atoms with Gasteiger partial charge in [-0.15, -0.1) is 0 Å². The van der Waals surface area contributed by atoms with Crippen LogP contribution in [0.15, 0.2) is 65.7 Å². The van der Waals surface area contributed by atoms with Crippen LogP contribution in [0.2, 0.25) is 0 Å². The number of hydrogen-bond donors (Lipinski definition) is 1. The van der Waals surface area contributed by atoms with Crippen molar-refractivity contribution in [3.05, 3.63) is 66.9 Å².